The molecule has 0 saturated carbocycles. The SMILES string of the molecule is CCc1cc(N)cc2c(F)cc(F)c(OCF)c12. The molecule has 2 aromatic carbocycles. The number of aryl methyl sites for hydroxylation is 1. The van der Waals surface area contributed by atoms with E-state index in [1.165, 1.54) is 6.07 Å². The minimum Gasteiger partial charge on any atom is -0.459 e. The monoisotopic (exact) mass is 255 g/mol. The van der Waals surface area contributed by atoms with E-state index in [0.717, 1.165) is 0 Å². The summed E-state index contributed by atoms with van der Waals surface area (Å²) in [5.41, 5.74) is 6.64. The Bertz CT molecular complexity index is 599. The molecule has 2 rings (SSSR count). The number of hydrogen-bond donors (Lipinski definition) is 1. The number of rotatable bonds is 3. The number of fused-ring (bicyclic) bond motifs is 1. The number of nitrogens with two attached hydrogens (primary N) is 1. The molecule has 0 aromatic heterocycles. The molecule has 2 nitrogen and oxygen atoms in total. The lowest BCUT2D eigenvalue weighted by atomic mass is 10.00. The van der Waals surface area contributed by atoms with Crippen LogP contribution in [0, 0.1) is 11.6 Å². The Morgan fingerprint density at radius 2 is 1.89 bits per heavy atom. The van der Waals surface area contributed by atoms with Crippen LogP contribution in [0.3, 0.4) is 0 Å². The van der Waals surface area contributed by atoms with Crippen LogP contribution in [0.4, 0.5) is 18.9 Å². The third-order valence-electron chi connectivity index (χ3n) is 2.78. The highest BCUT2D eigenvalue weighted by Gasteiger charge is 2.17. The van der Waals surface area contributed by atoms with Gasteiger partial charge in [0.1, 0.15) is 5.82 Å². The second kappa shape index (κ2) is 4.76. The summed E-state index contributed by atoms with van der Waals surface area (Å²) in [6.45, 7) is 0.640. The Labute approximate surface area is 102 Å². The van der Waals surface area contributed by atoms with Gasteiger partial charge in [-0.15, -0.1) is 0 Å². The highest BCUT2D eigenvalue weighted by Crippen LogP contribution is 2.35. The maximum atomic E-state index is 13.7. The number of benzene rings is 2. The van der Waals surface area contributed by atoms with E-state index in [2.05, 4.69) is 4.74 Å². The first kappa shape index (κ1) is 12.5. The van der Waals surface area contributed by atoms with Crippen molar-refractivity contribution in [1.82, 2.24) is 0 Å². The molecule has 0 bridgehead atoms. The fourth-order valence-corrected chi connectivity index (χ4v) is 2.03. The predicted molar refractivity (Wildman–Crippen MR) is 64.3 cm³/mol. The zero-order chi connectivity index (χ0) is 13.3. The van der Waals surface area contributed by atoms with Gasteiger partial charge in [0, 0.05) is 22.5 Å². The molecule has 0 spiro atoms. The normalized spacial score (nSPS) is 10.9. The van der Waals surface area contributed by atoms with E-state index >= 15 is 0 Å². The van der Waals surface area contributed by atoms with Crippen molar-refractivity contribution in [2.24, 2.45) is 0 Å². The van der Waals surface area contributed by atoms with E-state index in [9.17, 15) is 13.2 Å². The lowest BCUT2D eigenvalue weighted by Crippen LogP contribution is -2.00. The average molecular weight is 255 g/mol. The summed E-state index contributed by atoms with van der Waals surface area (Å²) < 4.78 is 44.3. The summed E-state index contributed by atoms with van der Waals surface area (Å²) >= 11 is 0. The van der Waals surface area contributed by atoms with Crippen molar-refractivity contribution in [3.05, 3.63) is 35.4 Å². The number of alkyl halides is 1. The zero-order valence-corrected chi connectivity index (χ0v) is 9.77. The second-order valence-electron chi connectivity index (χ2n) is 3.88. The molecule has 0 aliphatic carbocycles. The minimum atomic E-state index is -1.18. The summed E-state index contributed by atoms with van der Waals surface area (Å²) in [7, 11) is 0. The molecule has 96 valence electrons. The highest BCUT2D eigenvalue weighted by atomic mass is 19.1. The molecule has 0 unspecified atom stereocenters. The van der Waals surface area contributed by atoms with Gasteiger partial charge < -0.3 is 10.5 Å². The Balaban J connectivity index is 2.90. The Morgan fingerprint density at radius 3 is 2.50 bits per heavy atom. The number of anilines is 1. The van der Waals surface area contributed by atoms with Gasteiger partial charge >= 0.3 is 0 Å². The van der Waals surface area contributed by atoms with Gasteiger partial charge in [-0.3, -0.25) is 0 Å². The summed E-state index contributed by atoms with van der Waals surface area (Å²) in [6, 6.07) is 3.66. The molecule has 2 aromatic rings. The Hall–Kier alpha value is -1.91. The molecule has 0 radical (unpaired) electrons. The molecule has 0 atom stereocenters. The van der Waals surface area contributed by atoms with E-state index in [1.807, 2.05) is 6.92 Å². The van der Waals surface area contributed by atoms with Gasteiger partial charge in [-0.05, 0) is 24.1 Å². The summed E-state index contributed by atoms with van der Waals surface area (Å²) in [4.78, 5) is 0. The summed E-state index contributed by atoms with van der Waals surface area (Å²) in [5.74, 6) is -1.93. The van der Waals surface area contributed by atoms with Crippen molar-refractivity contribution in [3.63, 3.8) is 0 Å². The van der Waals surface area contributed by atoms with Gasteiger partial charge in [-0.1, -0.05) is 6.92 Å². The van der Waals surface area contributed by atoms with Gasteiger partial charge in [0.05, 0.1) is 0 Å². The molecule has 18 heavy (non-hydrogen) atoms. The van der Waals surface area contributed by atoms with Crippen LogP contribution in [0.2, 0.25) is 0 Å². The van der Waals surface area contributed by atoms with E-state index in [4.69, 9.17) is 5.73 Å². The first-order valence-electron chi connectivity index (χ1n) is 5.47. The summed E-state index contributed by atoms with van der Waals surface area (Å²) in [6.07, 6.45) is 0.507. The lowest BCUT2D eigenvalue weighted by molar-refractivity contribution is 0.186. The van der Waals surface area contributed by atoms with Crippen molar-refractivity contribution in [3.8, 4) is 5.75 Å². The van der Waals surface area contributed by atoms with Gasteiger partial charge in [0.2, 0.25) is 6.86 Å². The van der Waals surface area contributed by atoms with Crippen LogP contribution in [0.25, 0.3) is 10.8 Å². The fourth-order valence-electron chi connectivity index (χ4n) is 2.03. The number of hydrogen-bond acceptors (Lipinski definition) is 2. The first-order valence-corrected chi connectivity index (χ1v) is 5.47. The van der Waals surface area contributed by atoms with Crippen LogP contribution in [-0.2, 0) is 6.42 Å². The molecule has 0 amide bonds. The summed E-state index contributed by atoms with van der Waals surface area (Å²) in [5, 5.41) is 0.374. The molecule has 0 heterocycles. The fraction of sp³-hybridized carbons (Fsp3) is 0.231. The molecule has 5 heteroatoms. The predicted octanol–water partition coefficient (Wildman–Crippen LogP) is 3.57. The topological polar surface area (TPSA) is 35.2 Å². The van der Waals surface area contributed by atoms with E-state index in [-0.39, 0.29) is 16.5 Å². The van der Waals surface area contributed by atoms with Gasteiger partial charge in [-0.25, -0.2) is 13.2 Å². The number of halogens is 3. The number of ether oxygens (including phenoxy) is 1. The van der Waals surface area contributed by atoms with Gasteiger partial charge in [0.25, 0.3) is 0 Å². The molecular weight excluding hydrogens is 243 g/mol. The second-order valence-corrected chi connectivity index (χ2v) is 3.88. The highest BCUT2D eigenvalue weighted by molar-refractivity contribution is 5.94. The van der Waals surface area contributed by atoms with E-state index in [0.29, 0.717) is 23.7 Å². The van der Waals surface area contributed by atoms with Crippen molar-refractivity contribution in [2.75, 3.05) is 12.6 Å². The Morgan fingerprint density at radius 1 is 1.17 bits per heavy atom. The lowest BCUT2D eigenvalue weighted by Gasteiger charge is -2.13. The molecule has 0 aliphatic rings. The van der Waals surface area contributed by atoms with Crippen LogP contribution < -0.4 is 10.5 Å². The minimum absolute atomic E-state index is 0.136. The Kier molecular flexibility index (Phi) is 3.32. The van der Waals surface area contributed by atoms with Crippen molar-refractivity contribution in [1.29, 1.82) is 0 Å². The molecule has 2 N–H and O–H groups in total. The van der Waals surface area contributed by atoms with Crippen LogP contribution in [-0.4, -0.2) is 6.86 Å². The van der Waals surface area contributed by atoms with Crippen LogP contribution in [0.15, 0.2) is 18.2 Å². The van der Waals surface area contributed by atoms with E-state index < -0.39 is 18.5 Å². The van der Waals surface area contributed by atoms with Crippen molar-refractivity contribution >= 4 is 16.5 Å². The zero-order valence-electron chi connectivity index (χ0n) is 9.77. The number of nitrogen functional groups attached to an aromatic ring is 1. The molecular formula is C13H12F3NO. The standard InChI is InChI=1S/C13H12F3NO/c1-2-7-3-8(17)4-9-10(15)5-11(16)13(12(7)9)18-6-14/h3-5H,2,6,17H2,1H3. The van der Waals surface area contributed by atoms with Gasteiger partial charge in [-0.2, -0.15) is 0 Å². The van der Waals surface area contributed by atoms with Crippen molar-refractivity contribution in [2.45, 2.75) is 13.3 Å². The van der Waals surface area contributed by atoms with Crippen molar-refractivity contribution < 1.29 is 17.9 Å². The molecule has 0 aliphatic heterocycles. The van der Waals surface area contributed by atoms with E-state index in [1.54, 1.807) is 6.07 Å². The van der Waals surface area contributed by atoms with Crippen LogP contribution in [0.1, 0.15) is 12.5 Å². The van der Waals surface area contributed by atoms with Gasteiger partial charge in [0.15, 0.2) is 11.6 Å². The maximum Gasteiger partial charge on any atom is 0.228 e. The molecule has 0 fully saturated rings. The average Bonchev–Trinajstić information content (AvgIpc) is 2.33. The smallest absolute Gasteiger partial charge is 0.228 e. The largest absolute Gasteiger partial charge is 0.459 e. The first-order chi connectivity index (χ1) is 8.58. The van der Waals surface area contributed by atoms with Crippen LogP contribution >= 0.6 is 0 Å². The third-order valence-corrected chi connectivity index (χ3v) is 2.78. The quantitative estimate of drug-likeness (QED) is 0.851. The third kappa shape index (κ3) is 1.96. The molecule has 0 saturated heterocycles. The maximum absolute atomic E-state index is 13.7. The van der Waals surface area contributed by atoms with Crippen LogP contribution in [0.5, 0.6) is 5.75 Å².